The van der Waals surface area contributed by atoms with E-state index in [0.29, 0.717) is 0 Å². The Balaban J connectivity index is 0.000000497. The molecule has 0 radical (unpaired) electrons. The van der Waals surface area contributed by atoms with Gasteiger partial charge in [0.1, 0.15) is 0 Å². The number of allylic oxidation sites excluding steroid dienone is 1. The maximum absolute atomic E-state index is 4.93. The number of benzene rings is 2. The van der Waals surface area contributed by atoms with E-state index in [1.807, 2.05) is 0 Å². The molecule has 0 atom stereocenters. The molecule has 0 fully saturated rings. The predicted octanol–water partition coefficient (Wildman–Crippen LogP) is 6.47. The zero-order valence-corrected chi connectivity index (χ0v) is 16.0. The minimum atomic E-state index is -0.826. The Labute approximate surface area is 145 Å². The molecule has 0 saturated heterocycles. The van der Waals surface area contributed by atoms with Crippen molar-refractivity contribution in [3.05, 3.63) is 65.2 Å². The van der Waals surface area contributed by atoms with Crippen LogP contribution in [0.15, 0.2) is 54.1 Å². The van der Waals surface area contributed by atoms with Crippen LogP contribution in [0, 0.1) is 0 Å². The fraction of sp³-hybridized carbons (Fsp3) is 0.222. The van der Waals surface area contributed by atoms with E-state index < -0.39 is 20.8 Å². The monoisotopic (exact) mass is 394 g/mol. The summed E-state index contributed by atoms with van der Waals surface area (Å²) in [5.41, 5.74) is 7.20. The molecule has 0 spiro atoms. The van der Waals surface area contributed by atoms with Gasteiger partial charge in [-0.3, -0.25) is 0 Å². The molecule has 0 saturated carbocycles. The van der Waals surface area contributed by atoms with Gasteiger partial charge in [0.2, 0.25) is 0 Å². The second-order valence-electron chi connectivity index (χ2n) is 5.05. The summed E-state index contributed by atoms with van der Waals surface area (Å²) in [6.45, 7) is 2.25. The molecule has 0 heterocycles. The summed E-state index contributed by atoms with van der Waals surface area (Å²) >= 11 is -0.826. The first-order valence-electron chi connectivity index (χ1n) is 7.13. The van der Waals surface area contributed by atoms with Crippen molar-refractivity contribution in [3.8, 4) is 11.1 Å². The molecule has 3 rings (SSSR count). The molecule has 0 unspecified atom stereocenters. The van der Waals surface area contributed by atoms with E-state index in [0.717, 1.165) is 6.42 Å². The third-order valence-corrected chi connectivity index (χ3v) is 3.62. The zero-order valence-electron chi connectivity index (χ0n) is 12.1. The second-order valence-corrected chi connectivity index (χ2v) is 8.78. The van der Waals surface area contributed by atoms with Crippen molar-refractivity contribution in [3.63, 3.8) is 0 Å². The van der Waals surface area contributed by atoms with E-state index in [-0.39, 0.29) is 0 Å². The van der Waals surface area contributed by atoms with E-state index in [4.69, 9.17) is 17.0 Å². The molecule has 0 amide bonds. The molecule has 3 heteroatoms. The topological polar surface area (TPSA) is 0 Å². The zero-order chi connectivity index (χ0) is 15.1. The molecule has 0 aliphatic heterocycles. The standard InChI is InChI=1S/C18H18.2ClH.Zr/c1-2-7-14-12-16-10-6-11-17(18(16)13-14)15-8-4-3-5-9-15;;;/h3-6,8-11,13H,2,7,12H2,1H3;2*1H;/q;;;+2/p-2. The van der Waals surface area contributed by atoms with Crippen LogP contribution in [0.2, 0.25) is 0 Å². The summed E-state index contributed by atoms with van der Waals surface area (Å²) in [5.74, 6) is 0. The van der Waals surface area contributed by atoms with E-state index in [1.165, 1.54) is 35.1 Å². The van der Waals surface area contributed by atoms with Gasteiger partial charge in [0.25, 0.3) is 0 Å². The molecule has 0 bridgehead atoms. The third-order valence-electron chi connectivity index (χ3n) is 3.62. The summed E-state index contributed by atoms with van der Waals surface area (Å²) in [5, 5.41) is 0. The number of hydrogen-bond acceptors (Lipinski definition) is 0. The van der Waals surface area contributed by atoms with Crippen molar-refractivity contribution >= 4 is 23.1 Å². The summed E-state index contributed by atoms with van der Waals surface area (Å²) < 4.78 is 0. The molecule has 0 aromatic heterocycles. The average Bonchev–Trinajstić information content (AvgIpc) is 2.91. The van der Waals surface area contributed by atoms with Gasteiger partial charge in [-0.1, -0.05) is 73.5 Å². The minimum absolute atomic E-state index is 0.826. The molecule has 2 aromatic carbocycles. The molecule has 0 N–H and O–H groups in total. The van der Waals surface area contributed by atoms with E-state index >= 15 is 0 Å². The Hall–Kier alpha value is -0.357. The van der Waals surface area contributed by atoms with Crippen LogP contribution in [-0.2, 0) is 27.3 Å². The summed E-state index contributed by atoms with van der Waals surface area (Å²) in [4.78, 5) is 0. The van der Waals surface area contributed by atoms with Crippen molar-refractivity contribution in [2.75, 3.05) is 0 Å². The third kappa shape index (κ3) is 4.55. The number of fused-ring (bicyclic) bond motifs is 1. The van der Waals surface area contributed by atoms with Crippen LogP contribution in [0.4, 0.5) is 0 Å². The summed E-state index contributed by atoms with van der Waals surface area (Å²) in [6, 6.07) is 17.4. The van der Waals surface area contributed by atoms with Crippen LogP contribution >= 0.6 is 17.0 Å². The second kappa shape index (κ2) is 8.93. The number of hydrogen-bond donors (Lipinski definition) is 0. The van der Waals surface area contributed by atoms with Crippen LogP contribution < -0.4 is 0 Å². The maximum atomic E-state index is 4.93. The summed E-state index contributed by atoms with van der Waals surface area (Å²) in [6.07, 6.45) is 6.01. The van der Waals surface area contributed by atoms with Gasteiger partial charge in [0, 0.05) is 0 Å². The number of rotatable bonds is 3. The van der Waals surface area contributed by atoms with Crippen LogP contribution in [-0.4, -0.2) is 0 Å². The first kappa shape index (κ1) is 17.0. The van der Waals surface area contributed by atoms with Gasteiger partial charge >= 0.3 is 37.9 Å². The molecule has 1 aliphatic rings. The molecular weight excluding hydrogens is 378 g/mol. The first-order valence-corrected chi connectivity index (χ1v) is 13.5. The fourth-order valence-corrected chi connectivity index (χ4v) is 2.79. The van der Waals surface area contributed by atoms with E-state index in [9.17, 15) is 0 Å². The SMILES string of the molecule is CCCC1=Cc2c(cccc2-c2ccccc2)C1.[Cl][Zr][Cl]. The Morgan fingerprint density at radius 1 is 1.00 bits per heavy atom. The Morgan fingerprint density at radius 3 is 2.38 bits per heavy atom. The van der Waals surface area contributed by atoms with Crippen LogP contribution in [0.5, 0.6) is 0 Å². The molecule has 0 nitrogen and oxygen atoms in total. The van der Waals surface area contributed by atoms with Crippen LogP contribution in [0.1, 0.15) is 30.9 Å². The molecule has 1 aliphatic carbocycles. The normalized spacial score (nSPS) is 12.0. The number of halogens is 2. The molecule has 108 valence electrons. The van der Waals surface area contributed by atoms with Gasteiger partial charge < -0.3 is 0 Å². The Kier molecular flexibility index (Phi) is 7.23. The van der Waals surface area contributed by atoms with Gasteiger partial charge in [-0.25, -0.2) is 0 Å². The molecular formula is C18H18Cl2Zr. The van der Waals surface area contributed by atoms with Gasteiger partial charge in [0.05, 0.1) is 0 Å². The van der Waals surface area contributed by atoms with Gasteiger partial charge in [-0.2, -0.15) is 0 Å². The van der Waals surface area contributed by atoms with Crippen LogP contribution in [0.25, 0.3) is 17.2 Å². The van der Waals surface area contributed by atoms with Crippen LogP contribution in [0.3, 0.4) is 0 Å². The fourth-order valence-electron chi connectivity index (χ4n) is 2.79. The van der Waals surface area contributed by atoms with Crippen molar-refractivity contribution < 1.29 is 20.8 Å². The van der Waals surface area contributed by atoms with Gasteiger partial charge in [0.15, 0.2) is 0 Å². The molecule has 21 heavy (non-hydrogen) atoms. The molecule has 2 aromatic rings. The quantitative estimate of drug-likeness (QED) is 0.558. The van der Waals surface area contributed by atoms with Gasteiger partial charge in [-0.05, 0) is 35.1 Å². The predicted molar refractivity (Wildman–Crippen MR) is 90.2 cm³/mol. The Bertz CT molecular complexity index is 606. The average molecular weight is 396 g/mol. The van der Waals surface area contributed by atoms with Crippen molar-refractivity contribution in [1.29, 1.82) is 0 Å². The van der Waals surface area contributed by atoms with E-state index in [2.05, 4.69) is 61.5 Å². The van der Waals surface area contributed by atoms with Crippen molar-refractivity contribution in [2.45, 2.75) is 26.2 Å². The van der Waals surface area contributed by atoms with Gasteiger partial charge in [-0.15, -0.1) is 0 Å². The van der Waals surface area contributed by atoms with E-state index in [1.54, 1.807) is 5.57 Å². The van der Waals surface area contributed by atoms with Crippen molar-refractivity contribution in [1.82, 2.24) is 0 Å². The van der Waals surface area contributed by atoms with Crippen molar-refractivity contribution in [2.24, 2.45) is 0 Å². The first-order chi connectivity index (χ1) is 10.3. The Morgan fingerprint density at radius 2 is 1.71 bits per heavy atom. The summed E-state index contributed by atoms with van der Waals surface area (Å²) in [7, 11) is 9.87.